The Kier molecular flexibility index (Phi) is 10.00. The average Bonchev–Trinajstić information content (AvgIpc) is 3.29. The summed E-state index contributed by atoms with van der Waals surface area (Å²) in [6, 6.07) is 16.8. The Balaban J connectivity index is 1.51. The lowest BCUT2D eigenvalue weighted by Crippen LogP contribution is -2.40. The third-order valence-electron chi connectivity index (χ3n) is 5.26. The molecule has 0 bridgehead atoms. The highest BCUT2D eigenvalue weighted by Crippen LogP contribution is 2.17. The van der Waals surface area contributed by atoms with Crippen molar-refractivity contribution in [1.29, 1.82) is 0 Å². The third-order valence-corrected chi connectivity index (χ3v) is 6.07. The zero-order valence-corrected chi connectivity index (χ0v) is 21.6. The Morgan fingerprint density at radius 2 is 1.75 bits per heavy atom. The van der Waals surface area contributed by atoms with Gasteiger partial charge in [0.05, 0.1) is 19.2 Å². The van der Waals surface area contributed by atoms with Gasteiger partial charge in [0, 0.05) is 24.0 Å². The van der Waals surface area contributed by atoms with Crippen LogP contribution in [0.2, 0.25) is 0 Å². The summed E-state index contributed by atoms with van der Waals surface area (Å²) in [6.45, 7) is 4.86. The molecule has 0 saturated heterocycles. The highest BCUT2D eigenvalue weighted by Gasteiger charge is 2.21. The van der Waals surface area contributed by atoms with E-state index in [1.54, 1.807) is 36.8 Å². The number of nitrogens with one attached hydrogen (secondary N) is 2. The van der Waals surface area contributed by atoms with Crippen LogP contribution < -0.4 is 15.4 Å². The smallest absolute Gasteiger partial charge is 0.254 e. The fraction of sp³-hybridized carbons (Fsp3) is 0.333. The van der Waals surface area contributed by atoms with Crippen molar-refractivity contribution >= 4 is 34.2 Å². The van der Waals surface area contributed by atoms with E-state index in [9.17, 15) is 14.4 Å². The largest absolute Gasteiger partial charge is 0.497 e. The molecule has 0 spiro atoms. The van der Waals surface area contributed by atoms with Crippen LogP contribution in [0.4, 0.5) is 5.13 Å². The normalized spacial score (nSPS) is 10.7. The molecule has 36 heavy (non-hydrogen) atoms. The van der Waals surface area contributed by atoms with Crippen LogP contribution >= 0.6 is 11.3 Å². The molecule has 0 aliphatic heterocycles. The van der Waals surface area contributed by atoms with Gasteiger partial charge in [0.1, 0.15) is 12.3 Å². The number of amides is 3. The maximum absolute atomic E-state index is 13.0. The summed E-state index contributed by atoms with van der Waals surface area (Å²) in [5, 5.41) is 7.79. The van der Waals surface area contributed by atoms with Crippen molar-refractivity contribution in [3.8, 4) is 5.75 Å². The molecule has 3 amide bonds. The molecule has 2 aromatic carbocycles. The first-order valence-corrected chi connectivity index (χ1v) is 12.7. The zero-order chi connectivity index (χ0) is 25.9. The third kappa shape index (κ3) is 8.49. The van der Waals surface area contributed by atoms with Crippen LogP contribution in [-0.2, 0) is 22.4 Å². The lowest BCUT2D eigenvalue weighted by molar-refractivity contribution is -0.120. The van der Waals surface area contributed by atoms with Crippen molar-refractivity contribution in [3.05, 3.63) is 76.8 Å². The second kappa shape index (κ2) is 13.4. The highest BCUT2D eigenvalue weighted by molar-refractivity contribution is 7.13. The second-order valence-electron chi connectivity index (χ2n) is 8.76. The predicted octanol–water partition coefficient (Wildman–Crippen LogP) is 3.79. The van der Waals surface area contributed by atoms with Gasteiger partial charge in [-0.1, -0.05) is 44.2 Å². The number of carbonyl (C=O) groups excluding carboxylic acids is 3. The molecule has 1 aromatic heterocycles. The first kappa shape index (κ1) is 26.9. The molecule has 9 heteroatoms. The molecular weight excluding hydrogens is 476 g/mol. The van der Waals surface area contributed by atoms with E-state index in [4.69, 9.17) is 4.74 Å². The summed E-state index contributed by atoms with van der Waals surface area (Å²) in [5.41, 5.74) is 2.23. The van der Waals surface area contributed by atoms with Crippen LogP contribution in [0.5, 0.6) is 5.75 Å². The number of hydrogen-bond donors (Lipinski definition) is 2. The quantitative estimate of drug-likeness (QED) is 0.388. The van der Waals surface area contributed by atoms with Gasteiger partial charge in [0.15, 0.2) is 5.13 Å². The van der Waals surface area contributed by atoms with Crippen LogP contribution in [0.3, 0.4) is 0 Å². The minimum Gasteiger partial charge on any atom is -0.497 e. The highest BCUT2D eigenvalue weighted by atomic mass is 32.1. The molecule has 0 aliphatic carbocycles. The van der Waals surface area contributed by atoms with Gasteiger partial charge in [-0.3, -0.25) is 14.4 Å². The van der Waals surface area contributed by atoms with E-state index in [0.29, 0.717) is 35.2 Å². The molecule has 8 nitrogen and oxygen atoms in total. The van der Waals surface area contributed by atoms with Crippen LogP contribution in [0.1, 0.15) is 35.5 Å². The molecule has 0 aliphatic rings. The molecule has 0 atom stereocenters. The van der Waals surface area contributed by atoms with E-state index in [-0.39, 0.29) is 36.6 Å². The summed E-state index contributed by atoms with van der Waals surface area (Å²) in [4.78, 5) is 43.9. The summed E-state index contributed by atoms with van der Waals surface area (Å²) in [6.07, 6.45) is 0.893. The number of thiazole rings is 1. The van der Waals surface area contributed by atoms with Gasteiger partial charge < -0.3 is 20.3 Å². The first-order valence-electron chi connectivity index (χ1n) is 11.8. The second-order valence-corrected chi connectivity index (χ2v) is 9.62. The summed E-state index contributed by atoms with van der Waals surface area (Å²) >= 11 is 1.25. The van der Waals surface area contributed by atoms with E-state index in [2.05, 4.69) is 15.6 Å². The Morgan fingerprint density at radius 3 is 2.42 bits per heavy atom. The lowest BCUT2D eigenvalue weighted by Gasteiger charge is -2.24. The lowest BCUT2D eigenvalue weighted by atomic mass is 10.1. The number of ether oxygens (including phenoxy) is 1. The molecule has 3 aromatic rings. The van der Waals surface area contributed by atoms with E-state index in [0.717, 1.165) is 12.0 Å². The SMILES string of the molecule is COc1ccc(C(=O)N(CC(=O)Nc2nc(CC(=O)NCCc3ccccc3)cs2)CC(C)C)cc1. The van der Waals surface area contributed by atoms with Gasteiger partial charge in [-0.15, -0.1) is 11.3 Å². The van der Waals surface area contributed by atoms with Gasteiger partial charge in [0.25, 0.3) is 5.91 Å². The molecule has 0 unspecified atom stereocenters. The minimum absolute atomic E-state index is 0.0993. The van der Waals surface area contributed by atoms with Crippen LogP contribution in [0.25, 0.3) is 0 Å². The fourth-order valence-electron chi connectivity index (χ4n) is 3.57. The topological polar surface area (TPSA) is 101 Å². The van der Waals surface area contributed by atoms with Crippen molar-refractivity contribution in [2.24, 2.45) is 5.92 Å². The van der Waals surface area contributed by atoms with Gasteiger partial charge in [-0.05, 0) is 42.2 Å². The number of hydrogen-bond acceptors (Lipinski definition) is 6. The zero-order valence-electron chi connectivity index (χ0n) is 20.8. The number of carbonyl (C=O) groups is 3. The molecule has 0 fully saturated rings. The number of rotatable bonds is 12. The summed E-state index contributed by atoms with van der Waals surface area (Å²) in [7, 11) is 1.56. The predicted molar refractivity (Wildman–Crippen MR) is 141 cm³/mol. The summed E-state index contributed by atoms with van der Waals surface area (Å²) in [5.74, 6) is 0.151. The number of benzene rings is 2. The monoisotopic (exact) mass is 508 g/mol. The molecule has 0 radical (unpaired) electrons. The van der Waals surface area contributed by atoms with E-state index in [1.807, 2.05) is 44.2 Å². The standard InChI is InChI=1S/C27H32N4O4S/c1-19(2)16-31(26(34)21-9-11-23(35-3)12-10-21)17-25(33)30-27-29-22(18-36-27)15-24(32)28-14-13-20-7-5-4-6-8-20/h4-12,18-19H,13-17H2,1-3H3,(H,28,32)(H,29,30,33). The van der Waals surface area contributed by atoms with Gasteiger partial charge >= 0.3 is 0 Å². The Bertz CT molecular complexity index is 1150. The number of aromatic nitrogens is 1. The Labute approximate surface area is 215 Å². The molecule has 0 saturated carbocycles. The first-order chi connectivity index (χ1) is 17.3. The van der Waals surface area contributed by atoms with Crippen molar-refractivity contribution in [2.45, 2.75) is 26.7 Å². The number of nitrogens with zero attached hydrogens (tertiary/aromatic N) is 2. The molecular formula is C27H32N4O4S. The van der Waals surface area contributed by atoms with Crippen molar-refractivity contribution in [3.63, 3.8) is 0 Å². The average molecular weight is 509 g/mol. The van der Waals surface area contributed by atoms with Gasteiger partial charge in [-0.2, -0.15) is 0 Å². The van der Waals surface area contributed by atoms with Crippen molar-refractivity contribution in [2.75, 3.05) is 32.1 Å². The Morgan fingerprint density at radius 1 is 1.03 bits per heavy atom. The Hall–Kier alpha value is -3.72. The fourth-order valence-corrected chi connectivity index (χ4v) is 4.30. The van der Waals surface area contributed by atoms with Gasteiger partial charge in [0.2, 0.25) is 11.8 Å². The molecule has 190 valence electrons. The molecule has 1 heterocycles. The van der Waals surface area contributed by atoms with E-state index in [1.165, 1.54) is 16.2 Å². The van der Waals surface area contributed by atoms with Gasteiger partial charge in [-0.25, -0.2) is 4.98 Å². The maximum atomic E-state index is 13.0. The summed E-state index contributed by atoms with van der Waals surface area (Å²) < 4.78 is 5.15. The van der Waals surface area contributed by atoms with Crippen molar-refractivity contribution < 1.29 is 19.1 Å². The van der Waals surface area contributed by atoms with Crippen LogP contribution in [0.15, 0.2) is 60.0 Å². The van der Waals surface area contributed by atoms with E-state index >= 15 is 0 Å². The van der Waals surface area contributed by atoms with Crippen LogP contribution in [-0.4, -0.2) is 54.3 Å². The minimum atomic E-state index is -0.342. The van der Waals surface area contributed by atoms with E-state index < -0.39 is 0 Å². The number of methoxy groups -OCH3 is 1. The molecule has 3 rings (SSSR count). The van der Waals surface area contributed by atoms with Crippen molar-refractivity contribution in [1.82, 2.24) is 15.2 Å². The molecule has 2 N–H and O–H groups in total. The van der Waals surface area contributed by atoms with Crippen LogP contribution in [0, 0.1) is 5.92 Å². The number of anilines is 1. The maximum Gasteiger partial charge on any atom is 0.254 e.